The van der Waals surface area contributed by atoms with Gasteiger partial charge in [-0.05, 0) is 48.9 Å². The molecule has 3 rings (SSSR count). The van der Waals surface area contributed by atoms with Gasteiger partial charge in [0, 0.05) is 24.5 Å². The highest BCUT2D eigenvalue weighted by Crippen LogP contribution is 2.23. The molecule has 5 nitrogen and oxygen atoms in total. The average molecular weight is 436 g/mol. The van der Waals surface area contributed by atoms with E-state index in [1.165, 1.54) is 29.2 Å². The summed E-state index contributed by atoms with van der Waals surface area (Å²) in [5.74, 6) is 0.107. The van der Waals surface area contributed by atoms with E-state index in [4.69, 9.17) is 4.74 Å². The Morgan fingerprint density at radius 1 is 1.07 bits per heavy atom. The van der Waals surface area contributed by atoms with Crippen molar-refractivity contribution in [2.75, 3.05) is 7.05 Å². The van der Waals surface area contributed by atoms with Gasteiger partial charge in [0.05, 0.1) is 10.7 Å². The number of carbonyl (C=O) groups excluding carboxylic acids is 1. The smallest absolute Gasteiger partial charge is 0.487 e. The second-order valence-corrected chi connectivity index (χ2v) is 7.59. The van der Waals surface area contributed by atoms with E-state index in [0.717, 1.165) is 10.7 Å². The van der Waals surface area contributed by atoms with Gasteiger partial charge in [0.1, 0.15) is 18.1 Å². The number of carbonyl (C=O) groups is 1. The lowest BCUT2D eigenvalue weighted by Crippen LogP contribution is -2.26. The Morgan fingerprint density at radius 3 is 2.27 bits per heavy atom. The Morgan fingerprint density at radius 2 is 1.70 bits per heavy atom. The summed E-state index contributed by atoms with van der Waals surface area (Å²) in [5, 5.41) is 2.91. The molecule has 0 radical (unpaired) electrons. The van der Waals surface area contributed by atoms with Gasteiger partial charge in [-0.15, -0.1) is 24.5 Å². The van der Waals surface area contributed by atoms with E-state index < -0.39 is 6.36 Å². The van der Waals surface area contributed by atoms with Crippen molar-refractivity contribution < 1.29 is 27.4 Å². The van der Waals surface area contributed by atoms with Crippen LogP contribution in [0.25, 0.3) is 0 Å². The molecule has 0 spiro atoms. The van der Waals surface area contributed by atoms with Gasteiger partial charge in [0.25, 0.3) is 5.91 Å². The molecular formula is C21H19F3N2O3S. The van der Waals surface area contributed by atoms with Crippen LogP contribution in [0.1, 0.15) is 26.6 Å². The highest BCUT2D eigenvalue weighted by Gasteiger charge is 2.31. The van der Waals surface area contributed by atoms with Crippen LogP contribution in [-0.2, 0) is 13.2 Å². The molecule has 0 aliphatic rings. The van der Waals surface area contributed by atoms with Gasteiger partial charge in [-0.2, -0.15) is 0 Å². The fraction of sp³-hybridized carbons (Fsp3) is 0.238. The molecule has 0 bridgehead atoms. The molecule has 158 valence electrons. The highest BCUT2D eigenvalue weighted by molar-refractivity contribution is 7.09. The summed E-state index contributed by atoms with van der Waals surface area (Å²) >= 11 is 1.55. The van der Waals surface area contributed by atoms with E-state index in [2.05, 4.69) is 9.72 Å². The average Bonchev–Trinajstić information content (AvgIpc) is 3.12. The Kier molecular flexibility index (Phi) is 6.61. The molecule has 0 atom stereocenters. The first-order valence-electron chi connectivity index (χ1n) is 8.93. The molecule has 0 unspecified atom stereocenters. The number of halogens is 3. The number of hydrogen-bond donors (Lipinski definition) is 0. The summed E-state index contributed by atoms with van der Waals surface area (Å²) in [5.41, 5.74) is 2.01. The first-order valence-corrected chi connectivity index (χ1v) is 9.81. The van der Waals surface area contributed by atoms with Gasteiger partial charge in [-0.25, -0.2) is 4.98 Å². The molecule has 30 heavy (non-hydrogen) atoms. The number of aromatic nitrogens is 1. The Bertz CT molecular complexity index is 986. The molecule has 0 saturated heterocycles. The number of alkyl halides is 3. The van der Waals surface area contributed by atoms with E-state index in [1.54, 1.807) is 42.6 Å². The number of thiazole rings is 1. The molecule has 1 heterocycles. The molecule has 0 N–H and O–H groups in total. The van der Waals surface area contributed by atoms with Crippen LogP contribution < -0.4 is 9.47 Å². The van der Waals surface area contributed by atoms with Crippen molar-refractivity contribution in [3.05, 3.63) is 75.7 Å². The van der Waals surface area contributed by atoms with Crippen LogP contribution in [0.2, 0.25) is 0 Å². The minimum absolute atomic E-state index is 0.215. The molecule has 2 aromatic carbocycles. The maximum Gasteiger partial charge on any atom is 0.573 e. The molecule has 0 saturated carbocycles. The zero-order valence-electron chi connectivity index (χ0n) is 16.3. The highest BCUT2D eigenvalue weighted by atomic mass is 32.1. The number of ether oxygens (including phenoxy) is 2. The fourth-order valence-electron chi connectivity index (χ4n) is 2.69. The zero-order chi connectivity index (χ0) is 21.7. The number of rotatable bonds is 7. The second kappa shape index (κ2) is 9.17. The molecule has 3 aromatic rings. The van der Waals surface area contributed by atoms with Crippen molar-refractivity contribution >= 4 is 17.2 Å². The van der Waals surface area contributed by atoms with Gasteiger partial charge in [-0.3, -0.25) is 4.79 Å². The van der Waals surface area contributed by atoms with Gasteiger partial charge in [-0.1, -0.05) is 12.1 Å². The molecule has 0 aliphatic heterocycles. The van der Waals surface area contributed by atoms with Crippen LogP contribution in [0.15, 0.2) is 53.9 Å². The Balaban J connectivity index is 1.55. The largest absolute Gasteiger partial charge is 0.573 e. The zero-order valence-corrected chi connectivity index (χ0v) is 17.1. The number of aryl methyl sites for hydroxylation is 1. The topological polar surface area (TPSA) is 51.7 Å². The maximum atomic E-state index is 12.6. The summed E-state index contributed by atoms with van der Waals surface area (Å²) in [6, 6.07) is 12.2. The van der Waals surface area contributed by atoms with E-state index in [0.29, 0.717) is 23.5 Å². The number of nitrogens with zero attached hydrogens (tertiary/aromatic N) is 2. The van der Waals surface area contributed by atoms with Crippen molar-refractivity contribution in [2.45, 2.75) is 26.4 Å². The summed E-state index contributed by atoms with van der Waals surface area (Å²) < 4.78 is 46.2. The minimum Gasteiger partial charge on any atom is -0.487 e. The summed E-state index contributed by atoms with van der Waals surface area (Å²) in [6.07, 6.45) is -4.73. The van der Waals surface area contributed by atoms with Crippen LogP contribution in [-0.4, -0.2) is 29.2 Å². The Hall–Kier alpha value is -3.07. The van der Waals surface area contributed by atoms with Crippen LogP contribution in [0, 0.1) is 6.92 Å². The van der Waals surface area contributed by atoms with E-state index >= 15 is 0 Å². The third kappa shape index (κ3) is 6.21. The van der Waals surface area contributed by atoms with Crippen molar-refractivity contribution in [3.8, 4) is 11.5 Å². The molecular weight excluding hydrogens is 417 g/mol. The summed E-state index contributed by atoms with van der Waals surface area (Å²) in [7, 11) is 1.62. The van der Waals surface area contributed by atoms with Gasteiger partial charge < -0.3 is 14.4 Å². The van der Waals surface area contributed by atoms with E-state index in [-0.39, 0.29) is 18.2 Å². The van der Waals surface area contributed by atoms with Crippen molar-refractivity contribution in [1.82, 2.24) is 9.88 Å². The standard InChI is InChI=1S/C21H19F3N2O3S/c1-14-25-17(13-30-14)12-28-18-9-5-16(6-10-18)20(27)26(2)11-15-3-7-19(8-4-15)29-21(22,23)24/h3-10,13H,11-12H2,1-2H3. The third-order valence-electron chi connectivity index (χ3n) is 4.08. The summed E-state index contributed by atoms with van der Waals surface area (Å²) in [6.45, 7) is 2.52. The minimum atomic E-state index is -4.73. The number of benzene rings is 2. The van der Waals surface area contributed by atoms with Crippen molar-refractivity contribution in [1.29, 1.82) is 0 Å². The van der Waals surface area contributed by atoms with E-state index in [1.807, 2.05) is 12.3 Å². The molecule has 1 aromatic heterocycles. The lowest BCUT2D eigenvalue weighted by atomic mass is 10.1. The molecule has 9 heteroatoms. The Labute approximate surface area is 175 Å². The number of amides is 1. The third-order valence-corrected chi connectivity index (χ3v) is 4.90. The predicted molar refractivity (Wildman–Crippen MR) is 107 cm³/mol. The van der Waals surface area contributed by atoms with Gasteiger partial charge >= 0.3 is 6.36 Å². The monoisotopic (exact) mass is 436 g/mol. The molecule has 1 amide bonds. The van der Waals surface area contributed by atoms with E-state index in [9.17, 15) is 18.0 Å². The van der Waals surface area contributed by atoms with Gasteiger partial charge in [0.2, 0.25) is 0 Å². The maximum absolute atomic E-state index is 12.6. The normalized spacial score (nSPS) is 11.2. The first kappa shape index (κ1) is 21.6. The van der Waals surface area contributed by atoms with Crippen molar-refractivity contribution in [3.63, 3.8) is 0 Å². The van der Waals surface area contributed by atoms with Crippen LogP contribution in [0.4, 0.5) is 13.2 Å². The molecule has 0 aliphatic carbocycles. The van der Waals surface area contributed by atoms with Crippen LogP contribution >= 0.6 is 11.3 Å². The second-order valence-electron chi connectivity index (χ2n) is 6.52. The quantitative estimate of drug-likeness (QED) is 0.511. The van der Waals surface area contributed by atoms with Gasteiger partial charge in [0.15, 0.2) is 0 Å². The van der Waals surface area contributed by atoms with Crippen LogP contribution in [0.5, 0.6) is 11.5 Å². The SMILES string of the molecule is Cc1nc(COc2ccc(C(=O)N(C)Cc3ccc(OC(F)(F)F)cc3)cc2)cs1. The van der Waals surface area contributed by atoms with Crippen LogP contribution in [0.3, 0.4) is 0 Å². The predicted octanol–water partition coefficient (Wildman–Crippen LogP) is 5.20. The first-order chi connectivity index (χ1) is 14.2. The number of hydrogen-bond acceptors (Lipinski definition) is 5. The molecule has 0 fully saturated rings. The van der Waals surface area contributed by atoms with Crippen molar-refractivity contribution in [2.24, 2.45) is 0 Å². The lowest BCUT2D eigenvalue weighted by Gasteiger charge is -2.18. The lowest BCUT2D eigenvalue weighted by molar-refractivity contribution is -0.274. The fourth-order valence-corrected chi connectivity index (χ4v) is 3.29. The summed E-state index contributed by atoms with van der Waals surface area (Å²) in [4.78, 5) is 18.4.